The molecular formula is C14H16N6O2. The largest absolute Gasteiger partial charge is 0.354 e. The average molecular weight is 300 g/mol. The molecule has 114 valence electrons. The zero-order chi connectivity index (χ0) is 15.4. The quantitative estimate of drug-likeness (QED) is 0.651. The molecule has 8 heteroatoms. The summed E-state index contributed by atoms with van der Waals surface area (Å²) in [5.41, 5.74) is 1.54. The fourth-order valence-electron chi connectivity index (χ4n) is 2.45. The molecule has 0 aliphatic carbocycles. The van der Waals surface area contributed by atoms with Crippen molar-refractivity contribution in [3.8, 4) is 0 Å². The van der Waals surface area contributed by atoms with E-state index in [1.165, 1.54) is 0 Å². The predicted octanol–water partition coefficient (Wildman–Crippen LogP) is -0.397. The van der Waals surface area contributed by atoms with E-state index in [0.717, 1.165) is 5.56 Å². The van der Waals surface area contributed by atoms with Crippen molar-refractivity contribution in [2.24, 2.45) is 0 Å². The van der Waals surface area contributed by atoms with Crippen LogP contribution >= 0.6 is 0 Å². The molecule has 1 aromatic carbocycles. The lowest BCUT2D eigenvalue weighted by Crippen LogP contribution is -2.51. The van der Waals surface area contributed by atoms with Crippen LogP contribution in [-0.2, 0) is 17.6 Å². The number of aromatic nitrogens is 4. The van der Waals surface area contributed by atoms with Gasteiger partial charge in [-0.05, 0) is 18.1 Å². The van der Waals surface area contributed by atoms with Crippen LogP contribution in [-0.4, -0.2) is 45.0 Å². The number of nitrogens with one attached hydrogen (secondary N) is 3. The topological polar surface area (TPSA) is 113 Å². The van der Waals surface area contributed by atoms with E-state index in [1.54, 1.807) is 6.07 Å². The molecule has 0 saturated carbocycles. The van der Waals surface area contributed by atoms with E-state index in [2.05, 4.69) is 31.3 Å². The van der Waals surface area contributed by atoms with E-state index in [4.69, 9.17) is 0 Å². The molecular weight excluding hydrogens is 284 g/mol. The predicted molar refractivity (Wildman–Crippen MR) is 76.9 cm³/mol. The van der Waals surface area contributed by atoms with Crippen LogP contribution in [0.5, 0.6) is 0 Å². The highest BCUT2D eigenvalue weighted by Crippen LogP contribution is 2.16. The van der Waals surface area contributed by atoms with Gasteiger partial charge in [0.05, 0.1) is 0 Å². The molecule has 3 N–H and O–H groups in total. The molecule has 22 heavy (non-hydrogen) atoms. The molecule has 8 nitrogen and oxygen atoms in total. The number of amides is 2. The van der Waals surface area contributed by atoms with E-state index in [1.807, 2.05) is 18.2 Å². The highest BCUT2D eigenvalue weighted by molar-refractivity contribution is 6.00. The van der Waals surface area contributed by atoms with Gasteiger partial charge in [-0.3, -0.25) is 9.59 Å². The number of aryl methyl sites for hydroxylation is 1. The van der Waals surface area contributed by atoms with Crippen molar-refractivity contribution >= 4 is 11.8 Å². The Morgan fingerprint density at radius 1 is 1.36 bits per heavy atom. The lowest BCUT2D eigenvalue weighted by atomic mass is 9.95. The Morgan fingerprint density at radius 2 is 2.23 bits per heavy atom. The van der Waals surface area contributed by atoms with Gasteiger partial charge < -0.3 is 10.6 Å². The van der Waals surface area contributed by atoms with Crippen LogP contribution in [0.2, 0.25) is 0 Å². The first-order valence-corrected chi connectivity index (χ1v) is 7.13. The van der Waals surface area contributed by atoms with Gasteiger partial charge in [-0.25, -0.2) is 0 Å². The summed E-state index contributed by atoms with van der Waals surface area (Å²) in [4.78, 5) is 24.1. The van der Waals surface area contributed by atoms with Crippen molar-refractivity contribution in [1.29, 1.82) is 0 Å². The minimum atomic E-state index is -0.521. The van der Waals surface area contributed by atoms with E-state index >= 15 is 0 Å². The minimum Gasteiger partial charge on any atom is -0.354 e. The number of hydrogen-bond acceptors (Lipinski definition) is 5. The summed E-state index contributed by atoms with van der Waals surface area (Å²) in [5, 5.41) is 19.1. The first-order chi connectivity index (χ1) is 10.7. The Bertz CT molecular complexity index is 670. The van der Waals surface area contributed by atoms with Crippen LogP contribution in [0, 0.1) is 0 Å². The second-order valence-electron chi connectivity index (χ2n) is 5.11. The van der Waals surface area contributed by atoms with Gasteiger partial charge in [0.15, 0.2) is 5.82 Å². The normalized spacial score (nSPS) is 16.7. The van der Waals surface area contributed by atoms with Crippen molar-refractivity contribution in [2.45, 2.75) is 25.3 Å². The molecule has 3 rings (SSSR count). The molecule has 0 spiro atoms. The molecule has 1 aliphatic rings. The fourth-order valence-corrected chi connectivity index (χ4v) is 2.45. The van der Waals surface area contributed by atoms with Crippen molar-refractivity contribution in [3.05, 3.63) is 41.2 Å². The highest BCUT2D eigenvalue weighted by atomic mass is 16.2. The fraction of sp³-hybridized carbons (Fsp3) is 0.357. The SMILES string of the molecule is O=C1N[C@@H](C(=O)NCCCc2nn[nH]n2)Cc2ccccc21. The Hall–Kier alpha value is -2.77. The highest BCUT2D eigenvalue weighted by Gasteiger charge is 2.28. The summed E-state index contributed by atoms with van der Waals surface area (Å²) in [5.74, 6) is 0.249. The summed E-state index contributed by atoms with van der Waals surface area (Å²) < 4.78 is 0. The van der Waals surface area contributed by atoms with E-state index < -0.39 is 6.04 Å². The molecule has 0 radical (unpaired) electrons. The maximum atomic E-state index is 12.1. The summed E-state index contributed by atoms with van der Waals surface area (Å²) in [6.45, 7) is 0.501. The van der Waals surface area contributed by atoms with Crippen LogP contribution in [0.4, 0.5) is 0 Å². The Morgan fingerprint density at radius 3 is 3.05 bits per heavy atom. The number of aromatic amines is 1. The summed E-state index contributed by atoms with van der Waals surface area (Å²) in [6.07, 6.45) is 1.86. The maximum absolute atomic E-state index is 12.1. The third-order valence-electron chi connectivity index (χ3n) is 3.57. The second-order valence-corrected chi connectivity index (χ2v) is 5.11. The van der Waals surface area contributed by atoms with Crippen molar-refractivity contribution in [3.63, 3.8) is 0 Å². The van der Waals surface area contributed by atoms with Gasteiger partial charge in [0.1, 0.15) is 6.04 Å². The van der Waals surface area contributed by atoms with E-state index in [0.29, 0.717) is 37.2 Å². The third kappa shape index (κ3) is 3.11. The van der Waals surface area contributed by atoms with Crippen LogP contribution in [0.25, 0.3) is 0 Å². The van der Waals surface area contributed by atoms with E-state index in [9.17, 15) is 9.59 Å². The van der Waals surface area contributed by atoms with Crippen LogP contribution in [0.3, 0.4) is 0 Å². The smallest absolute Gasteiger partial charge is 0.252 e. The molecule has 0 saturated heterocycles. The van der Waals surface area contributed by atoms with Crippen LogP contribution < -0.4 is 10.6 Å². The van der Waals surface area contributed by atoms with Crippen LogP contribution in [0.1, 0.15) is 28.2 Å². The number of tetrazole rings is 1. The number of fused-ring (bicyclic) bond motifs is 1. The average Bonchev–Trinajstić information content (AvgIpc) is 3.04. The van der Waals surface area contributed by atoms with Gasteiger partial charge in [-0.1, -0.05) is 23.4 Å². The Kier molecular flexibility index (Phi) is 4.08. The molecule has 2 amide bonds. The molecule has 0 bridgehead atoms. The van der Waals surface area contributed by atoms with E-state index in [-0.39, 0.29) is 11.8 Å². The standard InChI is InChI=1S/C14H16N6O2/c21-13-10-5-2-1-4-9(10)8-11(16-13)14(22)15-7-3-6-12-17-19-20-18-12/h1-2,4-5,11H,3,6-8H2,(H,15,22)(H,16,21)(H,17,18,19,20)/t11-/m1/s1. The van der Waals surface area contributed by atoms with Gasteiger partial charge in [0.25, 0.3) is 5.91 Å². The first kappa shape index (κ1) is 14.2. The lowest BCUT2D eigenvalue weighted by molar-refractivity contribution is -0.123. The summed E-state index contributed by atoms with van der Waals surface area (Å²) in [7, 11) is 0. The number of carbonyl (C=O) groups is 2. The number of benzene rings is 1. The molecule has 0 fully saturated rings. The molecule has 0 unspecified atom stereocenters. The van der Waals surface area contributed by atoms with Crippen LogP contribution in [0.15, 0.2) is 24.3 Å². The second kappa shape index (κ2) is 6.33. The van der Waals surface area contributed by atoms with Crippen molar-refractivity contribution in [1.82, 2.24) is 31.3 Å². The molecule has 1 atom stereocenters. The van der Waals surface area contributed by atoms with Gasteiger partial charge in [-0.2, -0.15) is 5.21 Å². The zero-order valence-corrected chi connectivity index (χ0v) is 11.9. The molecule has 2 heterocycles. The van der Waals surface area contributed by atoms with Gasteiger partial charge in [0.2, 0.25) is 5.91 Å². The number of rotatable bonds is 5. The summed E-state index contributed by atoms with van der Waals surface area (Å²) >= 11 is 0. The zero-order valence-electron chi connectivity index (χ0n) is 11.9. The summed E-state index contributed by atoms with van der Waals surface area (Å²) in [6, 6.07) is 6.81. The molecule has 1 aliphatic heterocycles. The number of carbonyl (C=O) groups excluding carboxylic acids is 2. The Labute approximate surface area is 126 Å². The molecule has 2 aromatic rings. The molecule has 1 aromatic heterocycles. The van der Waals surface area contributed by atoms with Crippen molar-refractivity contribution < 1.29 is 9.59 Å². The minimum absolute atomic E-state index is 0.170. The van der Waals surface area contributed by atoms with Crippen molar-refractivity contribution in [2.75, 3.05) is 6.54 Å². The van der Waals surface area contributed by atoms with Gasteiger partial charge in [-0.15, -0.1) is 10.2 Å². The van der Waals surface area contributed by atoms with Gasteiger partial charge >= 0.3 is 0 Å². The third-order valence-corrected chi connectivity index (χ3v) is 3.57. The maximum Gasteiger partial charge on any atom is 0.252 e. The number of H-pyrrole nitrogens is 1. The van der Waals surface area contributed by atoms with Gasteiger partial charge in [0, 0.05) is 24.9 Å². The monoisotopic (exact) mass is 300 g/mol. The number of nitrogens with zero attached hydrogens (tertiary/aromatic N) is 3. The first-order valence-electron chi connectivity index (χ1n) is 7.13. The lowest BCUT2D eigenvalue weighted by Gasteiger charge is -2.24. The Balaban J connectivity index is 1.50. The number of hydrogen-bond donors (Lipinski definition) is 3.